The minimum absolute atomic E-state index is 0.00594. The van der Waals surface area contributed by atoms with Gasteiger partial charge in [0, 0.05) is 30.3 Å². The summed E-state index contributed by atoms with van der Waals surface area (Å²) in [6.07, 6.45) is 3.60. The van der Waals surface area contributed by atoms with E-state index in [-0.39, 0.29) is 24.2 Å². The van der Waals surface area contributed by atoms with Crippen molar-refractivity contribution in [2.45, 2.75) is 37.8 Å². The highest BCUT2D eigenvalue weighted by molar-refractivity contribution is 5.95. The van der Waals surface area contributed by atoms with Gasteiger partial charge < -0.3 is 15.5 Å². The van der Waals surface area contributed by atoms with Crippen molar-refractivity contribution in [3.8, 4) is 5.75 Å². The van der Waals surface area contributed by atoms with Crippen molar-refractivity contribution in [3.63, 3.8) is 0 Å². The number of benzene rings is 1. The first kappa shape index (κ1) is 18.1. The average molecular weight is 363 g/mol. The van der Waals surface area contributed by atoms with Gasteiger partial charge in [-0.1, -0.05) is 0 Å². The van der Waals surface area contributed by atoms with Crippen LogP contribution < -0.4 is 5.32 Å². The van der Waals surface area contributed by atoms with Crippen LogP contribution in [0.3, 0.4) is 0 Å². The van der Waals surface area contributed by atoms with Crippen molar-refractivity contribution in [1.29, 1.82) is 0 Å². The van der Waals surface area contributed by atoms with Crippen molar-refractivity contribution in [2.24, 2.45) is 5.92 Å². The molecule has 140 valence electrons. The molecule has 26 heavy (non-hydrogen) atoms. The summed E-state index contributed by atoms with van der Waals surface area (Å²) in [5.74, 6) is -1.20. The quantitative estimate of drug-likeness (QED) is 0.469. The molecule has 0 aliphatic heterocycles. The minimum atomic E-state index is -0.852. The Balaban J connectivity index is 1.54. The number of aromatic hydroxyl groups is 1. The third-order valence-electron chi connectivity index (χ3n) is 4.93. The molecule has 2 aliphatic rings. The fourth-order valence-corrected chi connectivity index (χ4v) is 3.23. The molecule has 1 aromatic rings. The van der Waals surface area contributed by atoms with Crippen LogP contribution in [-0.2, 0) is 4.79 Å². The lowest BCUT2D eigenvalue weighted by Crippen LogP contribution is -2.55. The SMILES string of the molecule is O=C(O)CN(CC1CC1)C1CC(NC(=O)c2ccc(O)c([N+](=O)[O-])c2)C1. The molecule has 1 aromatic carbocycles. The van der Waals surface area contributed by atoms with E-state index in [2.05, 4.69) is 5.32 Å². The van der Waals surface area contributed by atoms with Gasteiger partial charge in [-0.15, -0.1) is 0 Å². The number of carbonyl (C=O) groups excluding carboxylic acids is 1. The standard InChI is InChI=1S/C17H21N3O6/c21-15-4-3-11(5-14(15)20(25)26)17(24)18-12-6-13(7-12)19(9-16(22)23)8-10-1-2-10/h3-5,10,12-13,21H,1-2,6-9H2,(H,18,24)(H,22,23). The van der Waals surface area contributed by atoms with Crippen LogP contribution in [0.5, 0.6) is 5.75 Å². The number of nitrogens with one attached hydrogen (secondary N) is 1. The first-order chi connectivity index (χ1) is 12.3. The summed E-state index contributed by atoms with van der Waals surface area (Å²) in [7, 11) is 0. The van der Waals surface area contributed by atoms with Gasteiger partial charge in [-0.05, 0) is 43.7 Å². The van der Waals surface area contributed by atoms with E-state index in [1.165, 1.54) is 6.07 Å². The Kier molecular flexibility index (Phi) is 5.08. The van der Waals surface area contributed by atoms with Crippen molar-refractivity contribution < 1.29 is 24.7 Å². The molecule has 3 N–H and O–H groups in total. The maximum absolute atomic E-state index is 12.3. The van der Waals surface area contributed by atoms with Gasteiger partial charge in [-0.2, -0.15) is 0 Å². The van der Waals surface area contributed by atoms with E-state index >= 15 is 0 Å². The highest BCUT2D eigenvalue weighted by Gasteiger charge is 2.37. The maximum Gasteiger partial charge on any atom is 0.317 e. The summed E-state index contributed by atoms with van der Waals surface area (Å²) in [6.45, 7) is 0.785. The second kappa shape index (κ2) is 7.28. The van der Waals surface area contributed by atoms with Gasteiger partial charge in [0.15, 0.2) is 5.75 Å². The Hall–Kier alpha value is -2.68. The number of phenols is 1. The third-order valence-corrected chi connectivity index (χ3v) is 4.93. The lowest BCUT2D eigenvalue weighted by molar-refractivity contribution is -0.385. The number of rotatable bonds is 8. The van der Waals surface area contributed by atoms with Gasteiger partial charge in [-0.25, -0.2) is 0 Å². The van der Waals surface area contributed by atoms with Crippen molar-refractivity contribution >= 4 is 17.6 Å². The van der Waals surface area contributed by atoms with Crippen LogP contribution in [0.1, 0.15) is 36.0 Å². The van der Waals surface area contributed by atoms with Gasteiger partial charge >= 0.3 is 11.7 Å². The summed E-state index contributed by atoms with van der Waals surface area (Å²) >= 11 is 0. The number of carbonyl (C=O) groups is 2. The van der Waals surface area contributed by atoms with Crippen LogP contribution in [0.25, 0.3) is 0 Å². The first-order valence-corrected chi connectivity index (χ1v) is 8.57. The van der Waals surface area contributed by atoms with E-state index in [4.69, 9.17) is 5.11 Å². The lowest BCUT2D eigenvalue weighted by Gasteiger charge is -2.42. The molecule has 9 nitrogen and oxygen atoms in total. The molecule has 3 rings (SSSR count). The summed E-state index contributed by atoms with van der Waals surface area (Å²) in [4.78, 5) is 35.4. The molecule has 0 unspecified atom stereocenters. The molecule has 0 heterocycles. The molecule has 2 aliphatic carbocycles. The molecule has 0 radical (unpaired) electrons. The monoisotopic (exact) mass is 363 g/mol. The Morgan fingerprint density at radius 3 is 2.58 bits per heavy atom. The molecule has 1 amide bonds. The molecule has 0 bridgehead atoms. The number of carboxylic acids is 1. The Morgan fingerprint density at radius 1 is 1.31 bits per heavy atom. The van der Waals surface area contributed by atoms with Gasteiger partial charge in [0.2, 0.25) is 0 Å². The van der Waals surface area contributed by atoms with Crippen LogP contribution in [0.2, 0.25) is 0 Å². The van der Waals surface area contributed by atoms with Crippen LogP contribution in [0.4, 0.5) is 5.69 Å². The molecule has 2 fully saturated rings. The topological polar surface area (TPSA) is 133 Å². The lowest BCUT2D eigenvalue weighted by atomic mass is 9.85. The number of hydrogen-bond donors (Lipinski definition) is 3. The summed E-state index contributed by atoms with van der Waals surface area (Å²) in [5, 5.41) is 32.2. The predicted octanol–water partition coefficient (Wildman–Crippen LogP) is 1.36. The van der Waals surface area contributed by atoms with E-state index in [1.54, 1.807) is 0 Å². The van der Waals surface area contributed by atoms with Gasteiger partial charge in [0.05, 0.1) is 11.5 Å². The summed E-state index contributed by atoms with van der Waals surface area (Å²) in [6, 6.07) is 3.55. The molecule has 2 saturated carbocycles. The number of nitrogens with zero attached hydrogens (tertiary/aromatic N) is 2. The molecule has 0 atom stereocenters. The fraction of sp³-hybridized carbons (Fsp3) is 0.529. The summed E-state index contributed by atoms with van der Waals surface area (Å²) in [5.41, 5.74) is -0.403. The van der Waals surface area contributed by atoms with E-state index in [0.29, 0.717) is 18.8 Å². The zero-order valence-corrected chi connectivity index (χ0v) is 14.1. The van der Waals surface area contributed by atoms with Crippen LogP contribution >= 0.6 is 0 Å². The highest BCUT2D eigenvalue weighted by atomic mass is 16.6. The minimum Gasteiger partial charge on any atom is -0.502 e. The Morgan fingerprint density at radius 2 is 2.00 bits per heavy atom. The molecule has 0 spiro atoms. The zero-order chi connectivity index (χ0) is 18.8. The smallest absolute Gasteiger partial charge is 0.317 e. The Bertz CT molecular complexity index is 727. The normalized spacial score (nSPS) is 21.9. The van der Waals surface area contributed by atoms with Gasteiger partial charge in [0.25, 0.3) is 5.91 Å². The average Bonchev–Trinajstić information content (AvgIpc) is 3.33. The largest absolute Gasteiger partial charge is 0.502 e. The number of hydrogen-bond acceptors (Lipinski definition) is 6. The molecule has 0 aromatic heterocycles. The van der Waals surface area contributed by atoms with Crippen molar-refractivity contribution in [1.82, 2.24) is 10.2 Å². The number of aliphatic carboxylic acids is 1. The number of nitro benzene ring substituents is 1. The third kappa shape index (κ3) is 4.29. The molecular formula is C17H21N3O6. The first-order valence-electron chi connectivity index (χ1n) is 8.57. The fourth-order valence-electron chi connectivity index (χ4n) is 3.23. The Labute approximate surface area is 149 Å². The zero-order valence-electron chi connectivity index (χ0n) is 14.1. The molecule has 9 heteroatoms. The van der Waals surface area contributed by atoms with Crippen LogP contribution in [0.15, 0.2) is 18.2 Å². The molecular weight excluding hydrogens is 342 g/mol. The van der Waals surface area contributed by atoms with E-state index in [1.807, 2.05) is 4.90 Å². The second-order valence-corrected chi connectivity index (χ2v) is 7.02. The number of amides is 1. The van der Waals surface area contributed by atoms with E-state index in [0.717, 1.165) is 31.5 Å². The predicted molar refractivity (Wildman–Crippen MR) is 91.0 cm³/mol. The van der Waals surface area contributed by atoms with Crippen LogP contribution in [-0.4, -0.2) is 57.1 Å². The highest BCUT2D eigenvalue weighted by Crippen LogP contribution is 2.34. The van der Waals surface area contributed by atoms with Gasteiger partial charge in [-0.3, -0.25) is 24.6 Å². The number of carboxylic acid groups (broad SMARTS) is 1. The van der Waals surface area contributed by atoms with E-state index in [9.17, 15) is 24.8 Å². The number of phenolic OH excluding ortho intramolecular Hbond substituents is 1. The summed E-state index contributed by atoms with van der Waals surface area (Å²) < 4.78 is 0. The van der Waals surface area contributed by atoms with Crippen molar-refractivity contribution in [2.75, 3.05) is 13.1 Å². The second-order valence-electron chi connectivity index (χ2n) is 7.02. The van der Waals surface area contributed by atoms with Crippen molar-refractivity contribution in [3.05, 3.63) is 33.9 Å². The number of nitro groups is 1. The molecule has 0 saturated heterocycles. The van der Waals surface area contributed by atoms with E-state index < -0.39 is 28.2 Å². The maximum atomic E-state index is 12.3. The van der Waals surface area contributed by atoms with Crippen LogP contribution in [0, 0.1) is 16.0 Å². The van der Waals surface area contributed by atoms with Gasteiger partial charge in [0.1, 0.15) is 0 Å².